The van der Waals surface area contributed by atoms with Gasteiger partial charge in [0.2, 0.25) is 5.88 Å². The molecule has 1 heterocycles. The Bertz CT molecular complexity index is 1120. The molecule has 0 unspecified atom stereocenters. The van der Waals surface area contributed by atoms with E-state index < -0.39 is 6.10 Å². The van der Waals surface area contributed by atoms with E-state index in [2.05, 4.69) is 10.8 Å². The number of aliphatic hydroxyl groups is 1. The first-order valence-corrected chi connectivity index (χ1v) is 11.9. The van der Waals surface area contributed by atoms with Crippen molar-refractivity contribution in [1.82, 2.24) is 14.7 Å². The first-order valence-electron chi connectivity index (χ1n) is 11.5. The van der Waals surface area contributed by atoms with Gasteiger partial charge >= 0.3 is 0 Å². The molecule has 0 aliphatic heterocycles. The van der Waals surface area contributed by atoms with Gasteiger partial charge in [-0.05, 0) is 49.9 Å². The maximum absolute atomic E-state index is 10.5. The summed E-state index contributed by atoms with van der Waals surface area (Å²) in [4.78, 5) is 2.25. The Balaban J connectivity index is 1.64. The van der Waals surface area contributed by atoms with E-state index in [1.54, 1.807) is 6.07 Å². The van der Waals surface area contributed by atoms with Gasteiger partial charge in [-0.15, -0.1) is 6.42 Å². The van der Waals surface area contributed by atoms with Crippen molar-refractivity contribution in [3.05, 3.63) is 70.9 Å². The van der Waals surface area contributed by atoms with E-state index in [1.165, 1.54) is 12.8 Å². The first kappa shape index (κ1) is 24.3. The Hall–Kier alpha value is -2.82. The Labute approximate surface area is 206 Å². The summed E-state index contributed by atoms with van der Waals surface area (Å²) in [7, 11) is 0. The third-order valence-electron chi connectivity index (χ3n) is 5.74. The van der Waals surface area contributed by atoms with Crippen LogP contribution in [0.4, 0.5) is 0 Å². The van der Waals surface area contributed by atoms with Gasteiger partial charge in [0.05, 0.1) is 34.7 Å². The molecular formula is C27H30ClN3O3. The summed E-state index contributed by atoms with van der Waals surface area (Å²) < 4.78 is 13.5. The average molecular weight is 480 g/mol. The van der Waals surface area contributed by atoms with Crippen LogP contribution in [0.3, 0.4) is 0 Å². The predicted molar refractivity (Wildman–Crippen MR) is 133 cm³/mol. The molecule has 1 aliphatic carbocycles. The van der Waals surface area contributed by atoms with Crippen molar-refractivity contribution in [3.63, 3.8) is 0 Å². The molecular weight excluding hydrogens is 450 g/mol. The largest absolute Gasteiger partial charge is 0.437 e. The molecule has 0 amide bonds. The van der Waals surface area contributed by atoms with Crippen LogP contribution in [0, 0.1) is 25.2 Å². The normalized spacial score (nSPS) is 14.2. The highest BCUT2D eigenvalue weighted by atomic mass is 35.5. The number of rotatable bonds is 12. The van der Waals surface area contributed by atoms with E-state index >= 15 is 0 Å². The van der Waals surface area contributed by atoms with E-state index in [-0.39, 0.29) is 13.2 Å². The smallest absolute Gasteiger partial charge is 0.227 e. The van der Waals surface area contributed by atoms with E-state index in [4.69, 9.17) is 32.6 Å². The molecule has 0 spiro atoms. The molecule has 4 rings (SSSR count). The fourth-order valence-corrected chi connectivity index (χ4v) is 4.07. The highest BCUT2D eigenvalue weighted by Crippen LogP contribution is 2.36. The van der Waals surface area contributed by atoms with Crippen LogP contribution in [0.2, 0.25) is 5.02 Å². The molecule has 1 aromatic heterocycles. The molecule has 1 N–H and O–H groups in total. The monoisotopic (exact) mass is 479 g/mol. The SMILES string of the molecule is C#CCOC[C@H](O)CN(Cc1c(C)nn(-c2ccccc2)c1Oc1ccccc1Cl)CC1CC1. The highest BCUT2D eigenvalue weighted by Gasteiger charge is 2.28. The fraction of sp³-hybridized carbons (Fsp3) is 0.370. The third kappa shape index (κ3) is 6.40. The molecule has 0 bridgehead atoms. The summed E-state index contributed by atoms with van der Waals surface area (Å²) in [5.41, 5.74) is 2.72. The number of terminal acetylenes is 1. The van der Waals surface area contributed by atoms with Crippen LogP contribution >= 0.6 is 11.6 Å². The Morgan fingerprint density at radius 3 is 2.65 bits per heavy atom. The lowest BCUT2D eigenvalue weighted by molar-refractivity contribution is 0.0250. The standard InChI is InChI=1S/C27H30ClN3O3/c1-3-15-33-19-23(32)17-30(16-21-13-14-21)18-24-20(2)29-31(22-9-5-4-6-10-22)27(24)34-26-12-8-7-11-25(26)28/h1,4-12,21,23,32H,13-19H2,2H3/t23-/m1/s1. The second-order valence-electron chi connectivity index (χ2n) is 8.66. The van der Waals surface area contributed by atoms with Gasteiger partial charge in [-0.3, -0.25) is 4.90 Å². The van der Waals surface area contributed by atoms with Gasteiger partial charge < -0.3 is 14.6 Å². The summed E-state index contributed by atoms with van der Waals surface area (Å²) in [6.45, 7) is 4.34. The molecule has 2 aromatic carbocycles. The Morgan fingerprint density at radius 1 is 1.21 bits per heavy atom. The molecule has 178 valence electrons. The maximum Gasteiger partial charge on any atom is 0.227 e. The summed E-state index contributed by atoms with van der Waals surface area (Å²) in [5, 5.41) is 15.9. The van der Waals surface area contributed by atoms with Crippen LogP contribution in [0.1, 0.15) is 24.1 Å². The van der Waals surface area contributed by atoms with E-state index in [0.29, 0.717) is 35.7 Å². The Kier molecular flexibility index (Phi) is 8.25. The van der Waals surface area contributed by atoms with Crippen molar-refractivity contribution >= 4 is 11.6 Å². The van der Waals surface area contributed by atoms with E-state index in [9.17, 15) is 5.11 Å². The minimum atomic E-state index is -0.635. The van der Waals surface area contributed by atoms with E-state index in [0.717, 1.165) is 23.5 Å². The molecule has 1 saturated carbocycles. The molecule has 7 heteroatoms. The van der Waals surface area contributed by atoms with Crippen LogP contribution < -0.4 is 4.74 Å². The quantitative estimate of drug-likeness (QED) is 0.297. The minimum Gasteiger partial charge on any atom is -0.437 e. The molecule has 1 aliphatic rings. The lowest BCUT2D eigenvalue weighted by Gasteiger charge is -2.25. The van der Waals surface area contributed by atoms with Gasteiger partial charge in [-0.2, -0.15) is 5.10 Å². The summed E-state index contributed by atoms with van der Waals surface area (Å²) >= 11 is 6.42. The minimum absolute atomic E-state index is 0.193. The number of halogens is 1. The van der Waals surface area contributed by atoms with Crippen molar-refractivity contribution in [2.45, 2.75) is 32.4 Å². The number of hydrogen-bond donors (Lipinski definition) is 1. The van der Waals surface area contributed by atoms with Crippen molar-refractivity contribution in [2.24, 2.45) is 5.92 Å². The van der Waals surface area contributed by atoms with Gasteiger partial charge in [0, 0.05) is 19.6 Å². The molecule has 6 nitrogen and oxygen atoms in total. The highest BCUT2D eigenvalue weighted by molar-refractivity contribution is 6.32. The number of para-hydroxylation sites is 2. The molecule has 0 radical (unpaired) electrons. The van der Waals surface area contributed by atoms with Gasteiger partial charge in [0.1, 0.15) is 12.4 Å². The lowest BCUT2D eigenvalue weighted by atomic mass is 10.2. The topological polar surface area (TPSA) is 59.8 Å². The van der Waals surface area contributed by atoms with Gasteiger partial charge in [0.25, 0.3) is 0 Å². The second kappa shape index (κ2) is 11.5. The number of nitrogens with zero attached hydrogens (tertiary/aromatic N) is 3. The van der Waals surface area contributed by atoms with Gasteiger partial charge in [-0.1, -0.05) is 47.9 Å². The number of ether oxygens (including phenoxy) is 2. The number of benzene rings is 2. The summed E-state index contributed by atoms with van der Waals surface area (Å²) in [6, 6.07) is 17.3. The van der Waals surface area contributed by atoms with Crippen LogP contribution in [-0.4, -0.2) is 52.2 Å². The molecule has 3 aromatic rings. The molecule has 34 heavy (non-hydrogen) atoms. The number of hydrogen-bond acceptors (Lipinski definition) is 5. The van der Waals surface area contributed by atoms with Crippen LogP contribution in [0.5, 0.6) is 11.6 Å². The summed E-state index contributed by atoms with van der Waals surface area (Å²) in [6.07, 6.45) is 7.04. The predicted octanol–water partition coefficient (Wildman–Crippen LogP) is 4.85. The van der Waals surface area contributed by atoms with Crippen LogP contribution in [-0.2, 0) is 11.3 Å². The van der Waals surface area contributed by atoms with E-state index in [1.807, 2.05) is 60.1 Å². The molecule has 1 atom stereocenters. The molecule has 1 fully saturated rings. The van der Waals surface area contributed by atoms with Crippen LogP contribution in [0.25, 0.3) is 5.69 Å². The number of aromatic nitrogens is 2. The van der Waals surface area contributed by atoms with Crippen molar-refractivity contribution in [1.29, 1.82) is 0 Å². The van der Waals surface area contributed by atoms with Crippen molar-refractivity contribution in [3.8, 4) is 29.7 Å². The molecule has 0 saturated heterocycles. The van der Waals surface area contributed by atoms with Crippen LogP contribution in [0.15, 0.2) is 54.6 Å². The number of aliphatic hydroxyl groups excluding tert-OH is 1. The van der Waals surface area contributed by atoms with Gasteiger partial charge in [-0.25, -0.2) is 4.68 Å². The number of aryl methyl sites for hydroxylation is 1. The fourth-order valence-electron chi connectivity index (χ4n) is 3.90. The van der Waals surface area contributed by atoms with Gasteiger partial charge in [0.15, 0.2) is 0 Å². The zero-order valence-corrected chi connectivity index (χ0v) is 20.1. The second-order valence-corrected chi connectivity index (χ2v) is 9.07. The lowest BCUT2D eigenvalue weighted by Crippen LogP contribution is -2.36. The average Bonchev–Trinajstić information content (AvgIpc) is 3.60. The van der Waals surface area contributed by atoms with Crippen molar-refractivity contribution < 1.29 is 14.6 Å². The summed E-state index contributed by atoms with van der Waals surface area (Å²) in [5.74, 6) is 4.27. The first-order chi connectivity index (χ1) is 16.5. The Morgan fingerprint density at radius 2 is 1.94 bits per heavy atom. The third-order valence-corrected chi connectivity index (χ3v) is 6.05. The zero-order chi connectivity index (χ0) is 23.9. The van der Waals surface area contributed by atoms with Crippen molar-refractivity contribution in [2.75, 3.05) is 26.3 Å². The maximum atomic E-state index is 10.5. The zero-order valence-electron chi connectivity index (χ0n) is 19.4.